The van der Waals surface area contributed by atoms with E-state index in [2.05, 4.69) is 0 Å². The molecule has 0 saturated carbocycles. The molecular formula is C24H24N2O4. The molecule has 0 aliphatic carbocycles. The summed E-state index contributed by atoms with van der Waals surface area (Å²) in [6.45, 7) is 2.73. The molecule has 3 aromatic rings. The Hall–Kier alpha value is -3.22. The van der Waals surface area contributed by atoms with Crippen LogP contribution in [0.15, 0.2) is 60.7 Å². The summed E-state index contributed by atoms with van der Waals surface area (Å²) in [6, 6.07) is 18.4. The second-order valence-corrected chi connectivity index (χ2v) is 7.48. The Labute approximate surface area is 174 Å². The van der Waals surface area contributed by atoms with Crippen molar-refractivity contribution in [3.63, 3.8) is 0 Å². The van der Waals surface area contributed by atoms with E-state index in [-0.39, 0.29) is 18.4 Å². The van der Waals surface area contributed by atoms with Gasteiger partial charge in [0.1, 0.15) is 0 Å². The number of carbonyl (C=O) groups excluding carboxylic acids is 2. The molecule has 0 aromatic heterocycles. The lowest BCUT2D eigenvalue weighted by Gasteiger charge is -2.16. The summed E-state index contributed by atoms with van der Waals surface area (Å²) in [4.78, 5) is 26.3. The van der Waals surface area contributed by atoms with E-state index in [9.17, 15) is 14.7 Å². The molecule has 154 valence electrons. The van der Waals surface area contributed by atoms with Crippen LogP contribution < -0.4 is 5.73 Å². The van der Waals surface area contributed by atoms with Crippen molar-refractivity contribution >= 4 is 22.6 Å². The van der Waals surface area contributed by atoms with E-state index in [0.29, 0.717) is 24.3 Å². The van der Waals surface area contributed by atoms with Crippen LogP contribution in [0.4, 0.5) is 0 Å². The Morgan fingerprint density at radius 3 is 2.47 bits per heavy atom. The standard InChI is InChI=1S/C24H24N2O4/c1-2-30-24(29)16-8-6-15(7-9-16)19-5-3-4-17-12-18(10-11-20(17)19)23(28)26-13-21(25)22(27)14-26/h3-12,21-22,27H,2,13-14,25H2,1H3/t21-,22-/m1/s1. The summed E-state index contributed by atoms with van der Waals surface area (Å²) < 4.78 is 5.04. The molecule has 6 heteroatoms. The summed E-state index contributed by atoms with van der Waals surface area (Å²) in [6.07, 6.45) is -0.682. The van der Waals surface area contributed by atoms with Crippen molar-refractivity contribution in [2.24, 2.45) is 5.73 Å². The molecule has 1 fully saturated rings. The van der Waals surface area contributed by atoms with Crippen LogP contribution in [-0.4, -0.2) is 53.7 Å². The van der Waals surface area contributed by atoms with E-state index in [1.54, 1.807) is 30.0 Å². The number of β-amino-alcohol motifs (C(OH)–C–C–N with tert-alkyl or cyclic N) is 1. The highest BCUT2D eigenvalue weighted by atomic mass is 16.5. The van der Waals surface area contributed by atoms with Crippen LogP contribution >= 0.6 is 0 Å². The normalized spacial score (nSPS) is 18.6. The fourth-order valence-corrected chi connectivity index (χ4v) is 3.83. The third kappa shape index (κ3) is 3.79. The number of fused-ring (bicyclic) bond motifs is 1. The molecule has 0 bridgehead atoms. The number of ether oxygens (including phenoxy) is 1. The molecule has 6 nitrogen and oxygen atoms in total. The van der Waals surface area contributed by atoms with Crippen molar-refractivity contribution in [1.29, 1.82) is 0 Å². The number of benzene rings is 3. The lowest BCUT2D eigenvalue weighted by Crippen LogP contribution is -2.33. The van der Waals surface area contributed by atoms with Crippen LogP contribution in [0.3, 0.4) is 0 Å². The lowest BCUT2D eigenvalue weighted by atomic mass is 9.96. The van der Waals surface area contributed by atoms with Gasteiger partial charge in [-0.2, -0.15) is 0 Å². The fraction of sp³-hybridized carbons (Fsp3) is 0.250. The Bertz CT molecular complexity index is 1080. The number of nitrogens with two attached hydrogens (primary N) is 1. The Balaban J connectivity index is 1.63. The second kappa shape index (κ2) is 8.26. The highest BCUT2D eigenvalue weighted by molar-refractivity contribution is 6.03. The zero-order valence-corrected chi connectivity index (χ0v) is 16.7. The minimum absolute atomic E-state index is 0.131. The lowest BCUT2D eigenvalue weighted by molar-refractivity contribution is 0.0526. The number of hydrogen-bond acceptors (Lipinski definition) is 5. The molecule has 4 rings (SSSR count). The summed E-state index contributed by atoms with van der Waals surface area (Å²) in [5, 5.41) is 11.8. The topological polar surface area (TPSA) is 92.9 Å². The van der Waals surface area contributed by atoms with Crippen LogP contribution in [0.5, 0.6) is 0 Å². The molecule has 3 N–H and O–H groups in total. The molecule has 30 heavy (non-hydrogen) atoms. The third-order valence-electron chi connectivity index (χ3n) is 5.45. The predicted octanol–water partition coefficient (Wildman–Crippen LogP) is 2.83. The molecule has 0 unspecified atom stereocenters. The Kier molecular flexibility index (Phi) is 5.53. The third-order valence-corrected chi connectivity index (χ3v) is 5.45. The first-order valence-electron chi connectivity index (χ1n) is 10.0. The van der Waals surface area contributed by atoms with Gasteiger partial charge < -0.3 is 20.5 Å². The molecule has 1 amide bonds. The van der Waals surface area contributed by atoms with E-state index < -0.39 is 12.1 Å². The van der Waals surface area contributed by atoms with Crippen molar-refractivity contribution in [1.82, 2.24) is 4.90 Å². The molecular weight excluding hydrogens is 380 g/mol. The van der Waals surface area contributed by atoms with Crippen LogP contribution in [0, 0.1) is 0 Å². The van der Waals surface area contributed by atoms with Gasteiger partial charge in [0, 0.05) is 24.7 Å². The van der Waals surface area contributed by atoms with E-state index in [1.165, 1.54) is 0 Å². The van der Waals surface area contributed by atoms with Gasteiger partial charge >= 0.3 is 5.97 Å². The average molecular weight is 404 g/mol. The zero-order chi connectivity index (χ0) is 21.3. The van der Waals surface area contributed by atoms with Crippen LogP contribution in [-0.2, 0) is 4.74 Å². The maximum atomic E-state index is 12.8. The van der Waals surface area contributed by atoms with Crippen LogP contribution in [0.1, 0.15) is 27.6 Å². The molecule has 1 aliphatic heterocycles. The number of aliphatic hydroxyl groups excluding tert-OH is 1. The van der Waals surface area contributed by atoms with Gasteiger partial charge in [0.15, 0.2) is 0 Å². The molecule has 0 spiro atoms. The summed E-state index contributed by atoms with van der Waals surface area (Å²) >= 11 is 0. The van der Waals surface area contributed by atoms with E-state index in [1.807, 2.05) is 42.5 Å². The molecule has 0 radical (unpaired) electrons. The minimum atomic E-state index is -0.682. The van der Waals surface area contributed by atoms with Crippen molar-refractivity contribution in [2.45, 2.75) is 19.1 Å². The molecule has 1 aliphatic rings. The quantitative estimate of drug-likeness (QED) is 0.653. The zero-order valence-electron chi connectivity index (χ0n) is 16.7. The number of nitrogens with zero attached hydrogens (tertiary/aromatic N) is 1. The van der Waals surface area contributed by atoms with E-state index >= 15 is 0 Å². The smallest absolute Gasteiger partial charge is 0.338 e. The number of rotatable bonds is 4. The number of carbonyl (C=O) groups is 2. The number of hydrogen-bond donors (Lipinski definition) is 2. The van der Waals surface area contributed by atoms with Crippen molar-refractivity contribution in [3.05, 3.63) is 71.8 Å². The summed E-state index contributed by atoms with van der Waals surface area (Å²) in [7, 11) is 0. The van der Waals surface area contributed by atoms with Crippen LogP contribution in [0.25, 0.3) is 21.9 Å². The summed E-state index contributed by atoms with van der Waals surface area (Å²) in [5.41, 5.74) is 8.90. The SMILES string of the molecule is CCOC(=O)c1ccc(-c2cccc3cc(C(=O)N4C[C@@H](N)[C@H](O)C4)ccc23)cc1. The molecule has 2 atom stereocenters. The van der Waals surface area contributed by atoms with Crippen molar-refractivity contribution < 1.29 is 19.4 Å². The molecule has 1 heterocycles. The Morgan fingerprint density at radius 1 is 1.07 bits per heavy atom. The average Bonchev–Trinajstić information content (AvgIpc) is 3.11. The fourth-order valence-electron chi connectivity index (χ4n) is 3.83. The van der Waals surface area contributed by atoms with E-state index in [4.69, 9.17) is 10.5 Å². The van der Waals surface area contributed by atoms with Gasteiger partial charge in [-0.1, -0.05) is 36.4 Å². The maximum absolute atomic E-state index is 12.8. The first-order chi connectivity index (χ1) is 14.5. The highest BCUT2D eigenvalue weighted by Crippen LogP contribution is 2.30. The molecule has 3 aromatic carbocycles. The van der Waals surface area contributed by atoms with Gasteiger partial charge in [-0.3, -0.25) is 4.79 Å². The molecule has 1 saturated heterocycles. The number of amides is 1. The minimum Gasteiger partial charge on any atom is -0.462 e. The van der Waals surface area contributed by atoms with Gasteiger partial charge in [-0.05, 0) is 53.1 Å². The largest absolute Gasteiger partial charge is 0.462 e. The monoisotopic (exact) mass is 404 g/mol. The summed E-state index contributed by atoms with van der Waals surface area (Å²) in [5.74, 6) is -0.468. The highest BCUT2D eigenvalue weighted by Gasteiger charge is 2.31. The first-order valence-corrected chi connectivity index (χ1v) is 10.0. The predicted molar refractivity (Wildman–Crippen MR) is 115 cm³/mol. The number of likely N-dealkylation sites (tertiary alicyclic amines) is 1. The maximum Gasteiger partial charge on any atom is 0.338 e. The number of aliphatic hydroxyl groups is 1. The number of esters is 1. The second-order valence-electron chi connectivity index (χ2n) is 7.48. The van der Waals surface area contributed by atoms with Gasteiger partial charge in [0.25, 0.3) is 5.91 Å². The van der Waals surface area contributed by atoms with Crippen molar-refractivity contribution in [2.75, 3.05) is 19.7 Å². The van der Waals surface area contributed by atoms with Crippen LogP contribution in [0.2, 0.25) is 0 Å². The van der Waals surface area contributed by atoms with Gasteiger partial charge in [0.05, 0.1) is 18.3 Å². The van der Waals surface area contributed by atoms with Gasteiger partial charge in [0.2, 0.25) is 0 Å². The van der Waals surface area contributed by atoms with Gasteiger partial charge in [-0.25, -0.2) is 4.79 Å². The Morgan fingerprint density at radius 2 is 1.80 bits per heavy atom. The van der Waals surface area contributed by atoms with Crippen molar-refractivity contribution in [3.8, 4) is 11.1 Å². The van der Waals surface area contributed by atoms with Gasteiger partial charge in [-0.15, -0.1) is 0 Å². The first kappa shape index (κ1) is 20.1. The van der Waals surface area contributed by atoms with E-state index in [0.717, 1.165) is 21.9 Å².